The molecular formula is C17H25N3O2. The molecule has 1 aliphatic heterocycles. The average molecular weight is 303 g/mol. The monoisotopic (exact) mass is 303 g/mol. The van der Waals surface area contributed by atoms with Gasteiger partial charge in [0.15, 0.2) is 0 Å². The Bertz CT molecular complexity index is 534. The highest BCUT2D eigenvalue weighted by Crippen LogP contribution is 2.10. The lowest BCUT2D eigenvalue weighted by molar-refractivity contribution is -0.123. The van der Waals surface area contributed by atoms with Crippen LogP contribution in [0.1, 0.15) is 29.8 Å². The zero-order chi connectivity index (χ0) is 16.1. The molecule has 1 heterocycles. The lowest BCUT2D eigenvalue weighted by Crippen LogP contribution is -2.51. The summed E-state index contributed by atoms with van der Waals surface area (Å²) in [5.41, 5.74) is 1.83. The van der Waals surface area contributed by atoms with Gasteiger partial charge in [0.05, 0.1) is 6.54 Å². The number of hydrogen-bond acceptors (Lipinski definition) is 3. The van der Waals surface area contributed by atoms with Crippen LogP contribution in [0.5, 0.6) is 0 Å². The second-order valence-corrected chi connectivity index (χ2v) is 6.16. The van der Waals surface area contributed by atoms with Crippen LogP contribution < -0.4 is 5.32 Å². The normalized spacial score (nSPS) is 15.9. The summed E-state index contributed by atoms with van der Waals surface area (Å²) < 4.78 is 0. The molecule has 0 saturated carbocycles. The highest BCUT2D eigenvalue weighted by atomic mass is 16.2. The molecule has 1 aromatic carbocycles. The van der Waals surface area contributed by atoms with Gasteiger partial charge >= 0.3 is 0 Å². The molecular weight excluding hydrogens is 278 g/mol. The second-order valence-electron chi connectivity index (χ2n) is 6.16. The van der Waals surface area contributed by atoms with Crippen LogP contribution >= 0.6 is 0 Å². The van der Waals surface area contributed by atoms with Crippen molar-refractivity contribution in [2.45, 2.75) is 26.8 Å². The third kappa shape index (κ3) is 4.56. The van der Waals surface area contributed by atoms with Crippen LogP contribution in [0.25, 0.3) is 0 Å². The van der Waals surface area contributed by atoms with E-state index in [2.05, 4.69) is 10.2 Å². The number of nitrogens with zero attached hydrogens (tertiary/aromatic N) is 2. The van der Waals surface area contributed by atoms with Crippen molar-refractivity contribution in [2.24, 2.45) is 0 Å². The maximum atomic E-state index is 12.5. The van der Waals surface area contributed by atoms with Crippen molar-refractivity contribution in [1.29, 1.82) is 0 Å². The van der Waals surface area contributed by atoms with Gasteiger partial charge in [0.1, 0.15) is 0 Å². The van der Waals surface area contributed by atoms with Crippen molar-refractivity contribution in [3.63, 3.8) is 0 Å². The molecule has 0 radical (unpaired) electrons. The van der Waals surface area contributed by atoms with Gasteiger partial charge in [-0.25, -0.2) is 0 Å². The van der Waals surface area contributed by atoms with Gasteiger partial charge in [-0.05, 0) is 32.9 Å². The third-order valence-corrected chi connectivity index (χ3v) is 3.74. The van der Waals surface area contributed by atoms with Gasteiger partial charge in [-0.2, -0.15) is 0 Å². The quantitative estimate of drug-likeness (QED) is 0.911. The van der Waals surface area contributed by atoms with Crippen molar-refractivity contribution in [3.05, 3.63) is 35.4 Å². The molecule has 0 unspecified atom stereocenters. The van der Waals surface area contributed by atoms with E-state index in [4.69, 9.17) is 0 Å². The van der Waals surface area contributed by atoms with E-state index in [0.29, 0.717) is 19.6 Å². The van der Waals surface area contributed by atoms with E-state index in [9.17, 15) is 9.59 Å². The van der Waals surface area contributed by atoms with Gasteiger partial charge in [-0.15, -0.1) is 0 Å². The van der Waals surface area contributed by atoms with Crippen LogP contribution in [0, 0.1) is 6.92 Å². The molecule has 0 spiro atoms. The second kappa shape index (κ2) is 7.40. The van der Waals surface area contributed by atoms with Crippen molar-refractivity contribution < 1.29 is 9.59 Å². The van der Waals surface area contributed by atoms with E-state index in [1.165, 1.54) is 0 Å². The fourth-order valence-corrected chi connectivity index (χ4v) is 2.64. The Morgan fingerprint density at radius 2 is 1.86 bits per heavy atom. The average Bonchev–Trinajstić information content (AvgIpc) is 2.46. The molecule has 0 aromatic heterocycles. The fraction of sp³-hybridized carbons (Fsp3) is 0.529. The van der Waals surface area contributed by atoms with Gasteiger partial charge in [-0.1, -0.05) is 17.7 Å². The SMILES string of the molecule is Cc1cccc(C(=O)N2CCN(CC(=O)NC(C)C)CC2)c1. The molecule has 1 N–H and O–H groups in total. The molecule has 5 heteroatoms. The Labute approximate surface area is 132 Å². The minimum absolute atomic E-state index is 0.0495. The van der Waals surface area contributed by atoms with Gasteiger partial charge in [0, 0.05) is 37.8 Å². The maximum Gasteiger partial charge on any atom is 0.253 e. The molecule has 2 rings (SSSR count). The molecule has 5 nitrogen and oxygen atoms in total. The van der Waals surface area contributed by atoms with Crippen molar-refractivity contribution in [1.82, 2.24) is 15.1 Å². The standard InChI is InChI=1S/C17H25N3O2/c1-13(2)18-16(21)12-19-7-9-20(10-8-19)17(22)15-6-4-5-14(3)11-15/h4-6,11,13H,7-10,12H2,1-3H3,(H,18,21). The third-order valence-electron chi connectivity index (χ3n) is 3.74. The van der Waals surface area contributed by atoms with Crippen molar-refractivity contribution >= 4 is 11.8 Å². The molecule has 0 aliphatic carbocycles. The van der Waals surface area contributed by atoms with E-state index in [1.807, 2.05) is 49.9 Å². The summed E-state index contributed by atoms with van der Waals surface area (Å²) in [4.78, 5) is 28.2. The Morgan fingerprint density at radius 1 is 1.18 bits per heavy atom. The zero-order valence-electron chi connectivity index (χ0n) is 13.6. The largest absolute Gasteiger partial charge is 0.353 e. The number of carbonyl (C=O) groups excluding carboxylic acids is 2. The number of rotatable bonds is 4. The Balaban J connectivity index is 1.84. The van der Waals surface area contributed by atoms with E-state index >= 15 is 0 Å². The van der Waals surface area contributed by atoms with Crippen molar-refractivity contribution in [2.75, 3.05) is 32.7 Å². The molecule has 0 atom stereocenters. The van der Waals surface area contributed by atoms with Gasteiger partial charge < -0.3 is 10.2 Å². The number of carbonyl (C=O) groups is 2. The number of piperazine rings is 1. The summed E-state index contributed by atoms with van der Waals surface area (Å²) in [5, 5.41) is 2.89. The highest BCUT2D eigenvalue weighted by molar-refractivity contribution is 5.94. The first-order valence-electron chi connectivity index (χ1n) is 7.83. The Kier molecular flexibility index (Phi) is 5.55. The molecule has 22 heavy (non-hydrogen) atoms. The summed E-state index contributed by atoms with van der Waals surface area (Å²) >= 11 is 0. The number of amides is 2. The molecule has 1 aromatic rings. The number of nitrogens with one attached hydrogen (secondary N) is 1. The zero-order valence-corrected chi connectivity index (χ0v) is 13.6. The predicted molar refractivity (Wildman–Crippen MR) is 86.8 cm³/mol. The molecule has 1 aliphatic rings. The van der Waals surface area contributed by atoms with Gasteiger partial charge in [0.25, 0.3) is 5.91 Å². The van der Waals surface area contributed by atoms with E-state index < -0.39 is 0 Å². The first-order valence-corrected chi connectivity index (χ1v) is 7.83. The summed E-state index contributed by atoms with van der Waals surface area (Å²) in [7, 11) is 0. The van der Waals surface area contributed by atoms with Gasteiger partial charge in [-0.3, -0.25) is 14.5 Å². The number of aryl methyl sites for hydroxylation is 1. The van der Waals surface area contributed by atoms with Crippen LogP contribution in [0.2, 0.25) is 0 Å². The van der Waals surface area contributed by atoms with Gasteiger partial charge in [0.2, 0.25) is 5.91 Å². The van der Waals surface area contributed by atoms with Crippen LogP contribution in [0.4, 0.5) is 0 Å². The van der Waals surface area contributed by atoms with E-state index in [-0.39, 0.29) is 17.9 Å². The first kappa shape index (κ1) is 16.5. The minimum atomic E-state index is 0.0495. The highest BCUT2D eigenvalue weighted by Gasteiger charge is 2.23. The molecule has 120 valence electrons. The maximum absolute atomic E-state index is 12.5. The van der Waals surface area contributed by atoms with Crippen LogP contribution in [-0.2, 0) is 4.79 Å². The van der Waals surface area contributed by atoms with E-state index in [0.717, 1.165) is 24.2 Å². The van der Waals surface area contributed by atoms with Crippen LogP contribution in [-0.4, -0.2) is 60.4 Å². The van der Waals surface area contributed by atoms with Crippen molar-refractivity contribution in [3.8, 4) is 0 Å². The number of benzene rings is 1. The van der Waals surface area contributed by atoms with E-state index in [1.54, 1.807) is 0 Å². The molecule has 0 bridgehead atoms. The Hall–Kier alpha value is -1.88. The lowest BCUT2D eigenvalue weighted by atomic mass is 10.1. The lowest BCUT2D eigenvalue weighted by Gasteiger charge is -2.34. The van der Waals surface area contributed by atoms with Crippen LogP contribution in [0.3, 0.4) is 0 Å². The summed E-state index contributed by atoms with van der Waals surface area (Å²) in [6, 6.07) is 7.84. The summed E-state index contributed by atoms with van der Waals surface area (Å²) in [6.45, 7) is 9.12. The molecule has 1 fully saturated rings. The first-order chi connectivity index (χ1) is 10.5. The number of hydrogen-bond donors (Lipinski definition) is 1. The topological polar surface area (TPSA) is 52.7 Å². The summed E-state index contributed by atoms with van der Waals surface area (Å²) in [6.07, 6.45) is 0. The van der Waals surface area contributed by atoms with Crippen LogP contribution in [0.15, 0.2) is 24.3 Å². The minimum Gasteiger partial charge on any atom is -0.353 e. The molecule has 2 amide bonds. The Morgan fingerprint density at radius 3 is 2.45 bits per heavy atom. The fourth-order valence-electron chi connectivity index (χ4n) is 2.64. The summed E-state index contributed by atoms with van der Waals surface area (Å²) in [5.74, 6) is 0.128. The smallest absolute Gasteiger partial charge is 0.253 e. The predicted octanol–water partition coefficient (Wildman–Crippen LogP) is 1.28. The molecule has 1 saturated heterocycles.